The zero-order chi connectivity index (χ0) is 9.84. The van der Waals surface area contributed by atoms with Gasteiger partial charge in [0.25, 0.3) is 0 Å². The van der Waals surface area contributed by atoms with Crippen LogP contribution in [-0.2, 0) is 17.3 Å². The number of nitrogens with zero attached hydrogens (tertiary/aromatic N) is 2. The van der Waals surface area contributed by atoms with Crippen molar-refractivity contribution in [1.82, 2.24) is 10.2 Å². The van der Waals surface area contributed by atoms with Gasteiger partial charge in [-0.25, -0.2) is 8.42 Å². The molecular weight excluding hydrogens is 233 g/mol. The SMILES string of the molecule is CC(C)Cc1nnc(N[SH](=O)=O)s1.[Na]. The summed E-state index contributed by atoms with van der Waals surface area (Å²) < 4.78 is 22.7. The molecule has 1 radical (unpaired) electrons. The second kappa shape index (κ2) is 6.73. The standard InChI is InChI=1S/C6H11N3O2S2.Na/c1-4(2)3-5-7-8-6(12-5)9-13(10)11;/h4,13H,3H2,1-2H3,(H,8,9,10,11);. The molecule has 0 aromatic carbocycles. The molecule has 0 atom stereocenters. The summed E-state index contributed by atoms with van der Waals surface area (Å²) in [7, 11) is -2.63. The molecule has 1 heterocycles. The van der Waals surface area contributed by atoms with E-state index in [1.165, 1.54) is 11.3 Å². The topological polar surface area (TPSA) is 72.0 Å². The molecule has 1 rings (SSSR count). The Morgan fingerprint density at radius 1 is 1.43 bits per heavy atom. The van der Waals surface area contributed by atoms with E-state index in [4.69, 9.17) is 0 Å². The van der Waals surface area contributed by atoms with Crippen LogP contribution in [0, 0.1) is 5.92 Å². The minimum absolute atomic E-state index is 0. The number of anilines is 1. The van der Waals surface area contributed by atoms with Crippen LogP contribution in [0.25, 0.3) is 0 Å². The smallest absolute Gasteiger partial charge is 0.224 e. The number of rotatable bonds is 4. The van der Waals surface area contributed by atoms with E-state index in [9.17, 15) is 8.42 Å². The van der Waals surface area contributed by atoms with Crippen LogP contribution >= 0.6 is 11.3 Å². The third kappa shape index (κ3) is 5.26. The monoisotopic (exact) mass is 244 g/mol. The van der Waals surface area contributed by atoms with Gasteiger partial charge >= 0.3 is 0 Å². The van der Waals surface area contributed by atoms with Crippen LogP contribution in [-0.4, -0.2) is 48.2 Å². The first-order valence-electron chi connectivity index (χ1n) is 3.81. The average molecular weight is 244 g/mol. The van der Waals surface area contributed by atoms with E-state index in [1.54, 1.807) is 0 Å². The van der Waals surface area contributed by atoms with Crippen molar-refractivity contribution >= 4 is 56.9 Å². The summed E-state index contributed by atoms with van der Waals surface area (Å²) in [5, 5.41) is 8.73. The molecule has 14 heavy (non-hydrogen) atoms. The van der Waals surface area contributed by atoms with E-state index in [1.807, 2.05) is 0 Å². The minimum atomic E-state index is -2.63. The maximum atomic E-state index is 10.3. The summed E-state index contributed by atoms with van der Waals surface area (Å²) in [6.07, 6.45) is 0.828. The molecule has 0 unspecified atom stereocenters. The van der Waals surface area contributed by atoms with E-state index >= 15 is 0 Å². The van der Waals surface area contributed by atoms with Crippen LogP contribution in [0.2, 0.25) is 0 Å². The predicted molar refractivity (Wildman–Crippen MR) is 58.1 cm³/mol. The zero-order valence-electron chi connectivity index (χ0n) is 8.35. The molecule has 0 spiro atoms. The summed E-state index contributed by atoms with van der Waals surface area (Å²) in [5.74, 6) is 0.502. The molecule has 0 fully saturated rings. The van der Waals surface area contributed by atoms with Crippen molar-refractivity contribution < 1.29 is 8.42 Å². The largest absolute Gasteiger partial charge is 0.259 e. The molecule has 75 valence electrons. The van der Waals surface area contributed by atoms with Gasteiger partial charge in [0, 0.05) is 36.0 Å². The Morgan fingerprint density at radius 2 is 2.07 bits per heavy atom. The van der Waals surface area contributed by atoms with Crippen molar-refractivity contribution in [2.24, 2.45) is 5.92 Å². The maximum Gasteiger partial charge on any atom is 0.224 e. The molecule has 0 aliphatic rings. The molecule has 0 amide bonds. The summed E-state index contributed by atoms with van der Waals surface area (Å²) in [4.78, 5) is 0. The third-order valence-electron chi connectivity index (χ3n) is 1.24. The Balaban J connectivity index is 0.00000169. The summed E-state index contributed by atoms with van der Waals surface area (Å²) >= 11 is 1.27. The minimum Gasteiger partial charge on any atom is -0.259 e. The van der Waals surface area contributed by atoms with Gasteiger partial charge in [0.2, 0.25) is 16.0 Å². The molecule has 0 bridgehead atoms. The number of hydrogen-bond donors (Lipinski definition) is 2. The van der Waals surface area contributed by atoms with Crippen LogP contribution in [0.15, 0.2) is 0 Å². The fraction of sp³-hybridized carbons (Fsp3) is 0.667. The van der Waals surface area contributed by atoms with Crippen molar-refractivity contribution in [3.63, 3.8) is 0 Å². The first kappa shape index (κ1) is 14.3. The van der Waals surface area contributed by atoms with Gasteiger partial charge in [-0.15, -0.1) is 10.2 Å². The summed E-state index contributed by atoms with van der Waals surface area (Å²) in [6, 6.07) is 0. The number of hydrogen-bond acceptors (Lipinski definition) is 5. The van der Waals surface area contributed by atoms with Crippen molar-refractivity contribution in [3.8, 4) is 0 Å². The predicted octanol–water partition coefficient (Wildman–Crippen LogP) is 0.294. The zero-order valence-corrected chi connectivity index (χ0v) is 12.1. The Kier molecular flexibility index (Phi) is 6.88. The van der Waals surface area contributed by atoms with Crippen molar-refractivity contribution in [2.75, 3.05) is 4.72 Å². The van der Waals surface area contributed by atoms with E-state index in [-0.39, 0.29) is 29.6 Å². The molecule has 0 saturated heterocycles. The van der Waals surface area contributed by atoms with Gasteiger partial charge in [-0.05, 0) is 5.92 Å². The Morgan fingerprint density at radius 3 is 2.57 bits per heavy atom. The maximum absolute atomic E-state index is 10.3. The van der Waals surface area contributed by atoms with Crippen LogP contribution < -0.4 is 4.72 Å². The van der Waals surface area contributed by atoms with E-state index < -0.39 is 10.9 Å². The quantitative estimate of drug-likeness (QED) is 0.590. The second-order valence-electron chi connectivity index (χ2n) is 2.97. The Bertz CT molecular complexity index is 343. The Hall–Kier alpha value is 0.310. The molecule has 5 nitrogen and oxygen atoms in total. The molecule has 8 heteroatoms. The first-order valence-corrected chi connectivity index (χ1v) is 5.80. The van der Waals surface area contributed by atoms with Gasteiger partial charge in [0.1, 0.15) is 5.01 Å². The molecular formula is C6H11N3NaO2S2. The number of aromatic nitrogens is 2. The van der Waals surface area contributed by atoms with Crippen molar-refractivity contribution in [1.29, 1.82) is 0 Å². The van der Waals surface area contributed by atoms with Gasteiger partial charge in [0.05, 0.1) is 0 Å². The van der Waals surface area contributed by atoms with Gasteiger partial charge in [-0.2, -0.15) is 0 Å². The molecule has 1 aromatic rings. The first-order chi connectivity index (χ1) is 6.08. The fourth-order valence-corrected chi connectivity index (χ4v) is 2.22. The van der Waals surface area contributed by atoms with Gasteiger partial charge in [-0.1, -0.05) is 25.2 Å². The molecule has 0 saturated carbocycles. The molecule has 1 aromatic heterocycles. The number of thiol groups is 1. The van der Waals surface area contributed by atoms with E-state index in [2.05, 4.69) is 28.8 Å². The van der Waals surface area contributed by atoms with Crippen LogP contribution in [0.1, 0.15) is 18.9 Å². The van der Waals surface area contributed by atoms with Crippen LogP contribution in [0.4, 0.5) is 5.13 Å². The van der Waals surface area contributed by atoms with Gasteiger partial charge < -0.3 is 0 Å². The molecule has 1 N–H and O–H groups in total. The van der Waals surface area contributed by atoms with Gasteiger partial charge in [0.15, 0.2) is 0 Å². The van der Waals surface area contributed by atoms with Crippen molar-refractivity contribution in [3.05, 3.63) is 5.01 Å². The number of nitrogens with one attached hydrogen (secondary N) is 1. The average Bonchev–Trinajstić information content (AvgIpc) is 2.33. The summed E-state index contributed by atoms with van der Waals surface area (Å²) in [6.45, 7) is 4.14. The van der Waals surface area contributed by atoms with Gasteiger partial charge in [-0.3, -0.25) is 4.72 Å². The Labute approximate surface area is 111 Å². The molecule has 0 aliphatic carbocycles. The van der Waals surface area contributed by atoms with Crippen LogP contribution in [0.3, 0.4) is 0 Å². The fourth-order valence-electron chi connectivity index (χ4n) is 0.809. The third-order valence-corrected chi connectivity index (χ3v) is 2.64. The molecule has 0 aliphatic heterocycles. The van der Waals surface area contributed by atoms with Crippen LogP contribution in [0.5, 0.6) is 0 Å². The van der Waals surface area contributed by atoms with Crippen molar-refractivity contribution in [2.45, 2.75) is 20.3 Å². The van der Waals surface area contributed by atoms with E-state index in [0.29, 0.717) is 11.0 Å². The summed E-state index contributed by atoms with van der Waals surface area (Å²) in [5.41, 5.74) is 0. The second-order valence-corrected chi connectivity index (χ2v) is 4.77. The normalized spacial score (nSPS) is 10.3. The van der Waals surface area contributed by atoms with E-state index in [0.717, 1.165) is 11.4 Å².